The topological polar surface area (TPSA) is 56.4 Å². The second-order valence-corrected chi connectivity index (χ2v) is 8.39. The molecule has 2 saturated heterocycles. The normalized spacial score (nSPS) is 22.6. The van der Waals surface area contributed by atoms with Crippen molar-refractivity contribution in [2.45, 2.75) is 32.1 Å². The number of aryl methyl sites for hydroxylation is 1. The van der Waals surface area contributed by atoms with Crippen LogP contribution in [-0.2, 0) is 6.42 Å². The first-order chi connectivity index (χ1) is 13.6. The predicted octanol–water partition coefficient (Wildman–Crippen LogP) is 2.94. The van der Waals surface area contributed by atoms with Crippen LogP contribution in [0.25, 0.3) is 0 Å². The highest BCUT2D eigenvalue weighted by atomic mass is 16.2. The number of amides is 1. The Hall–Kier alpha value is -2.40. The molecule has 5 nitrogen and oxygen atoms in total. The summed E-state index contributed by atoms with van der Waals surface area (Å²) in [7, 11) is 0. The van der Waals surface area contributed by atoms with Gasteiger partial charge in [-0.3, -0.25) is 9.59 Å². The number of benzene rings is 1. The number of pyridine rings is 1. The summed E-state index contributed by atoms with van der Waals surface area (Å²) in [4.78, 5) is 31.2. The van der Waals surface area contributed by atoms with Crippen LogP contribution in [-0.4, -0.2) is 53.4 Å². The van der Waals surface area contributed by atoms with E-state index in [0.29, 0.717) is 5.56 Å². The molecule has 1 N–H and O–H groups in total. The van der Waals surface area contributed by atoms with Gasteiger partial charge in [-0.1, -0.05) is 30.3 Å². The zero-order valence-corrected chi connectivity index (χ0v) is 16.4. The number of nitrogens with one attached hydrogen (secondary N) is 1. The van der Waals surface area contributed by atoms with Gasteiger partial charge in [0.15, 0.2) is 0 Å². The molecule has 1 aromatic carbocycles. The van der Waals surface area contributed by atoms with Gasteiger partial charge in [0.1, 0.15) is 0 Å². The summed E-state index contributed by atoms with van der Waals surface area (Å²) in [6, 6.07) is 13.7. The van der Waals surface area contributed by atoms with E-state index in [1.54, 1.807) is 6.07 Å². The van der Waals surface area contributed by atoms with Crippen LogP contribution in [0.4, 0.5) is 0 Å². The first kappa shape index (κ1) is 18.9. The van der Waals surface area contributed by atoms with Crippen LogP contribution in [0.1, 0.15) is 41.6 Å². The van der Waals surface area contributed by atoms with Crippen molar-refractivity contribution in [1.29, 1.82) is 0 Å². The number of nitrogens with zero attached hydrogens (tertiary/aromatic N) is 2. The van der Waals surface area contributed by atoms with Crippen LogP contribution in [0.15, 0.2) is 53.5 Å². The van der Waals surface area contributed by atoms with Gasteiger partial charge in [-0.15, -0.1) is 0 Å². The Bertz CT molecular complexity index is 843. The molecule has 5 heteroatoms. The molecule has 1 atom stereocenters. The lowest BCUT2D eigenvalue weighted by Crippen LogP contribution is -2.45. The Balaban J connectivity index is 1.31. The van der Waals surface area contributed by atoms with E-state index >= 15 is 0 Å². The Morgan fingerprint density at radius 3 is 2.68 bits per heavy atom. The van der Waals surface area contributed by atoms with Crippen LogP contribution < -0.4 is 5.56 Å². The zero-order valence-electron chi connectivity index (χ0n) is 16.4. The van der Waals surface area contributed by atoms with Gasteiger partial charge in [-0.05, 0) is 56.8 Å². The summed E-state index contributed by atoms with van der Waals surface area (Å²) in [6.07, 6.45) is 7.34. The smallest absolute Gasteiger partial charge is 0.255 e. The minimum absolute atomic E-state index is 0.0364. The van der Waals surface area contributed by atoms with E-state index in [4.69, 9.17) is 0 Å². The highest BCUT2D eigenvalue weighted by Crippen LogP contribution is 2.39. The number of hydrogen-bond donors (Lipinski definition) is 1. The first-order valence-corrected chi connectivity index (χ1v) is 10.4. The fourth-order valence-electron chi connectivity index (χ4n) is 4.82. The van der Waals surface area contributed by atoms with Crippen molar-refractivity contribution < 1.29 is 4.79 Å². The average Bonchev–Trinajstić information content (AvgIpc) is 3.12. The minimum Gasteiger partial charge on any atom is -0.338 e. The molecule has 1 amide bonds. The summed E-state index contributed by atoms with van der Waals surface area (Å²) in [5, 5.41) is 0. The summed E-state index contributed by atoms with van der Waals surface area (Å²) in [5.74, 6) is 0.0364. The molecule has 2 aliphatic heterocycles. The van der Waals surface area contributed by atoms with Crippen molar-refractivity contribution in [3.63, 3.8) is 0 Å². The second kappa shape index (κ2) is 8.31. The summed E-state index contributed by atoms with van der Waals surface area (Å²) in [5.41, 5.74) is 2.05. The van der Waals surface area contributed by atoms with Gasteiger partial charge < -0.3 is 14.8 Å². The molecule has 2 aliphatic rings. The minimum atomic E-state index is -0.173. The first-order valence-electron chi connectivity index (χ1n) is 10.4. The number of aromatic nitrogens is 1. The van der Waals surface area contributed by atoms with Crippen molar-refractivity contribution in [2.24, 2.45) is 5.41 Å². The molecule has 0 unspecified atom stereocenters. The van der Waals surface area contributed by atoms with Gasteiger partial charge in [-0.25, -0.2) is 0 Å². The van der Waals surface area contributed by atoms with E-state index in [1.807, 2.05) is 4.90 Å². The number of carbonyl (C=O) groups is 1. The monoisotopic (exact) mass is 379 g/mol. The van der Waals surface area contributed by atoms with Crippen molar-refractivity contribution in [2.75, 3.05) is 32.7 Å². The second-order valence-electron chi connectivity index (χ2n) is 8.39. The van der Waals surface area contributed by atoms with Crippen LogP contribution in [0.3, 0.4) is 0 Å². The van der Waals surface area contributed by atoms with E-state index in [0.717, 1.165) is 39.0 Å². The fourth-order valence-corrected chi connectivity index (χ4v) is 4.82. The van der Waals surface area contributed by atoms with Crippen molar-refractivity contribution in [3.8, 4) is 0 Å². The maximum atomic E-state index is 12.8. The lowest BCUT2D eigenvalue weighted by molar-refractivity contribution is 0.0688. The third-order valence-electron chi connectivity index (χ3n) is 6.28. The fraction of sp³-hybridized carbons (Fsp3) is 0.478. The van der Waals surface area contributed by atoms with E-state index in [1.165, 1.54) is 43.6 Å². The molecule has 2 aromatic rings. The number of piperidine rings is 1. The molecule has 0 saturated carbocycles. The molecule has 2 fully saturated rings. The number of hydrogen-bond acceptors (Lipinski definition) is 3. The quantitative estimate of drug-likeness (QED) is 0.869. The predicted molar refractivity (Wildman–Crippen MR) is 110 cm³/mol. The highest BCUT2D eigenvalue weighted by molar-refractivity contribution is 5.94. The van der Waals surface area contributed by atoms with E-state index in [-0.39, 0.29) is 16.9 Å². The zero-order chi connectivity index (χ0) is 19.4. The highest BCUT2D eigenvalue weighted by Gasteiger charge is 2.42. The van der Waals surface area contributed by atoms with Gasteiger partial charge in [0.05, 0.1) is 5.56 Å². The summed E-state index contributed by atoms with van der Waals surface area (Å²) >= 11 is 0. The molecule has 1 aromatic heterocycles. The molecule has 3 heterocycles. The Kier molecular flexibility index (Phi) is 5.62. The van der Waals surface area contributed by atoms with Crippen molar-refractivity contribution in [3.05, 3.63) is 70.1 Å². The van der Waals surface area contributed by atoms with E-state index < -0.39 is 0 Å². The lowest BCUT2D eigenvalue weighted by Gasteiger charge is -2.40. The summed E-state index contributed by atoms with van der Waals surface area (Å²) in [6.45, 7) is 5.04. The molecular formula is C23H29N3O2. The Morgan fingerprint density at radius 2 is 1.89 bits per heavy atom. The third kappa shape index (κ3) is 4.36. The standard InChI is InChI=1S/C23H29N3O2/c27-21-10-9-20(16-24-21)22(28)26-15-12-23(18-26)11-5-14-25(17-23)13-4-8-19-6-2-1-3-7-19/h1-3,6-7,9-10,16H,4-5,8,11-15,17-18H2,(H,24,27)/t23-/m1/s1. The van der Waals surface area contributed by atoms with Gasteiger partial charge >= 0.3 is 0 Å². The maximum absolute atomic E-state index is 12.8. The van der Waals surface area contributed by atoms with Crippen LogP contribution >= 0.6 is 0 Å². The van der Waals surface area contributed by atoms with Gasteiger partial charge in [-0.2, -0.15) is 0 Å². The van der Waals surface area contributed by atoms with E-state index in [2.05, 4.69) is 40.2 Å². The Morgan fingerprint density at radius 1 is 1.04 bits per heavy atom. The molecule has 0 bridgehead atoms. The molecule has 4 rings (SSSR count). The number of aromatic amines is 1. The van der Waals surface area contributed by atoms with Crippen molar-refractivity contribution >= 4 is 5.91 Å². The SMILES string of the molecule is O=C(c1ccc(=O)[nH]c1)N1CC[C@@]2(CCCN(CCCc3ccccc3)C2)C1. The van der Waals surface area contributed by atoms with Gasteiger partial charge in [0.25, 0.3) is 5.91 Å². The van der Waals surface area contributed by atoms with Gasteiger partial charge in [0.2, 0.25) is 5.56 Å². The van der Waals surface area contributed by atoms with Crippen LogP contribution in [0, 0.1) is 5.41 Å². The molecule has 0 radical (unpaired) electrons. The summed E-state index contributed by atoms with van der Waals surface area (Å²) < 4.78 is 0. The number of rotatable bonds is 5. The lowest BCUT2D eigenvalue weighted by atomic mass is 9.79. The number of carbonyl (C=O) groups excluding carboxylic acids is 1. The largest absolute Gasteiger partial charge is 0.338 e. The molecule has 148 valence electrons. The average molecular weight is 380 g/mol. The Labute approximate surface area is 166 Å². The molecule has 28 heavy (non-hydrogen) atoms. The van der Waals surface area contributed by atoms with Crippen LogP contribution in [0.2, 0.25) is 0 Å². The van der Waals surface area contributed by atoms with Crippen LogP contribution in [0.5, 0.6) is 0 Å². The maximum Gasteiger partial charge on any atom is 0.255 e. The van der Waals surface area contributed by atoms with Crippen molar-refractivity contribution in [1.82, 2.24) is 14.8 Å². The van der Waals surface area contributed by atoms with Gasteiger partial charge in [0, 0.05) is 37.3 Å². The molecular weight excluding hydrogens is 350 g/mol. The number of H-pyrrole nitrogens is 1. The number of likely N-dealkylation sites (tertiary alicyclic amines) is 2. The van der Waals surface area contributed by atoms with E-state index in [9.17, 15) is 9.59 Å². The molecule has 0 aliphatic carbocycles. The third-order valence-corrected chi connectivity index (χ3v) is 6.28. The molecule has 1 spiro atoms.